The Morgan fingerprint density at radius 3 is 1.37 bits per heavy atom. The number of benzene rings is 2. The molecule has 5 nitrogen and oxygen atoms in total. The third kappa shape index (κ3) is 4.60. The summed E-state index contributed by atoms with van der Waals surface area (Å²) in [4.78, 5) is 0. The van der Waals surface area contributed by atoms with Gasteiger partial charge in [-0.15, -0.1) is 0 Å². The van der Waals surface area contributed by atoms with Gasteiger partial charge in [-0.3, -0.25) is 0 Å². The molecule has 2 unspecified atom stereocenters. The summed E-state index contributed by atoms with van der Waals surface area (Å²) in [6, 6.07) is 0. The number of fused-ring (bicyclic) bond motifs is 2. The zero-order valence-corrected chi connectivity index (χ0v) is 22.8. The third-order valence-corrected chi connectivity index (χ3v) is 8.74. The van der Waals surface area contributed by atoms with Crippen LogP contribution in [0, 0.1) is 41.5 Å². The van der Waals surface area contributed by atoms with Crippen molar-refractivity contribution in [1.82, 2.24) is 0 Å². The smallest absolute Gasteiger partial charge is 0.127 e. The first kappa shape index (κ1) is 25.7. The SMILES string of the molecule is Cc1c(C)c2c(c(C)c1O)CCC(C)(CCOCCC1(C)CCc3c(C)c(O)c(C)c(C)c3O1)O2. The predicted molar refractivity (Wildman–Crippen MR) is 139 cm³/mol. The molecule has 5 heteroatoms. The Labute approximate surface area is 210 Å². The molecular weight excluding hydrogens is 440 g/mol. The number of rotatable bonds is 6. The van der Waals surface area contributed by atoms with Crippen LogP contribution in [-0.4, -0.2) is 34.6 Å². The van der Waals surface area contributed by atoms with Crippen molar-refractivity contribution in [2.75, 3.05) is 13.2 Å². The molecule has 35 heavy (non-hydrogen) atoms. The average molecular weight is 483 g/mol. The van der Waals surface area contributed by atoms with Gasteiger partial charge in [0.1, 0.15) is 34.2 Å². The maximum atomic E-state index is 10.4. The second kappa shape index (κ2) is 9.24. The van der Waals surface area contributed by atoms with Crippen LogP contribution in [0.25, 0.3) is 0 Å². The standard InChI is InChI=1S/C30H42O5/c1-17-19(3)27-23(21(5)25(17)31)9-11-29(7,34-27)13-15-33-16-14-30(8)12-10-24-22(6)26(32)18(2)20(4)28(24)35-30/h31-32H,9-16H2,1-8H3. The van der Waals surface area contributed by atoms with Gasteiger partial charge >= 0.3 is 0 Å². The lowest BCUT2D eigenvalue weighted by Crippen LogP contribution is -2.39. The highest BCUT2D eigenvalue weighted by Gasteiger charge is 2.36. The summed E-state index contributed by atoms with van der Waals surface area (Å²) in [7, 11) is 0. The van der Waals surface area contributed by atoms with E-state index < -0.39 is 0 Å². The van der Waals surface area contributed by atoms with Gasteiger partial charge in [0.05, 0.1) is 13.2 Å². The molecular formula is C30H42O5. The summed E-state index contributed by atoms with van der Waals surface area (Å²) in [5.41, 5.74) is 7.50. The molecule has 0 spiro atoms. The molecule has 4 rings (SSSR count). The molecule has 2 aromatic carbocycles. The molecule has 0 aliphatic carbocycles. The fraction of sp³-hybridized carbons (Fsp3) is 0.600. The van der Waals surface area contributed by atoms with E-state index >= 15 is 0 Å². The summed E-state index contributed by atoms with van der Waals surface area (Å²) in [5, 5.41) is 20.8. The van der Waals surface area contributed by atoms with Gasteiger partial charge in [-0.2, -0.15) is 0 Å². The van der Waals surface area contributed by atoms with Gasteiger partial charge in [0.2, 0.25) is 0 Å². The van der Waals surface area contributed by atoms with Crippen molar-refractivity contribution in [1.29, 1.82) is 0 Å². The molecule has 0 radical (unpaired) electrons. The van der Waals surface area contributed by atoms with E-state index in [1.807, 2.05) is 41.5 Å². The normalized spacial score (nSPS) is 23.3. The van der Waals surface area contributed by atoms with E-state index in [1.54, 1.807) is 0 Å². The van der Waals surface area contributed by atoms with E-state index in [0.29, 0.717) is 24.7 Å². The minimum atomic E-state index is -0.272. The van der Waals surface area contributed by atoms with Gasteiger partial charge in [0.25, 0.3) is 0 Å². The number of phenolic OH excluding ortho intramolecular Hbond substituents is 2. The number of ether oxygens (including phenoxy) is 3. The van der Waals surface area contributed by atoms with Gasteiger partial charge in [-0.1, -0.05) is 0 Å². The first-order valence-electron chi connectivity index (χ1n) is 13.0. The third-order valence-electron chi connectivity index (χ3n) is 8.74. The van der Waals surface area contributed by atoms with E-state index in [0.717, 1.165) is 94.5 Å². The zero-order chi connectivity index (χ0) is 25.7. The quantitative estimate of drug-likeness (QED) is 0.453. The average Bonchev–Trinajstić information content (AvgIpc) is 2.83. The Bertz CT molecular complexity index is 1060. The molecule has 2 aliphatic heterocycles. The Morgan fingerprint density at radius 2 is 1.00 bits per heavy atom. The van der Waals surface area contributed by atoms with Crippen LogP contribution in [0.2, 0.25) is 0 Å². The largest absolute Gasteiger partial charge is 0.507 e. The fourth-order valence-corrected chi connectivity index (χ4v) is 5.62. The Morgan fingerprint density at radius 1 is 0.629 bits per heavy atom. The summed E-state index contributed by atoms with van der Waals surface area (Å²) >= 11 is 0. The van der Waals surface area contributed by atoms with Crippen LogP contribution in [0.5, 0.6) is 23.0 Å². The highest BCUT2D eigenvalue weighted by atomic mass is 16.5. The lowest BCUT2D eigenvalue weighted by molar-refractivity contribution is -0.00581. The highest BCUT2D eigenvalue weighted by molar-refractivity contribution is 5.59. The van der Waals surface area contributed by atoms with Gasteiger partial charge in [-0.05, 0) is 114 Å². The molecule has 2 atom stereocenters. The molecule has 2 heterocycles. The topological polar surface area (TPSA) is 68.2 Å². The molecule has 2 N–H and O–H groups in total. The second-order valence-electron chi connectivity index (χ2n) is 11.3. The van der Waals surface area contributed by atoms with Crippen LogP contribution < -0.4 is 9.47 Å². The van der Waals surface area contributed by atoms with Gasteiger partial charge in [-0.25, -0.2) is 0 Å². The molecule has 0 aromatic heterocycles. The first-order valence-corrected chi connectivity index (χ1v) is 13.0. The number of aromatic hydroxyl groups is 2. The fourth-order valence-electron chi connectivity index (χ4n) is 5.62. The summed E-state index contributed by atoms with van der Waals surface area (Å²) < 4.78 is 19.2. The van der Waals surface area contributed by atoms with E-state index in [-0.39, 0.29) is 11.2 Å². The highest BCUT2D eigenvalue weighted by Crippen LogP contribution is 2.45. The maximum Gasteiger partial charge on any atom is 0.127 e. The minimum Gasteiger partial charge on any atom is -0.507 e. The van der Waals surface area contributed by atoms with Crippen molar-refractivity contribution in [3.63, 3.8) is 0 Å². The van der Waals surface area contributed by atoms with Crippen LogP contribution in [0.1, 0.15) is 84.0 Å². The second-order valence-corrected chi connectivity index (χ2v) is 11.3. The van der Waals surface area contributed by atoms with Gasteiger partial charge < -0.3 is 24.4 Å². The van der Waals surface area contributed by atoms with Crippen LogP contribution in [0.15, 0.2) is 0 Å². The Kier molecular flexibility index (Phi) is 6.78. The van der Waals surface area contributed by atoms with Crippen molar-refractivity contribution < 1.29 is 24.4 Å². The van der Waals surface area contributed by atoms with E-state index in [1.165, 1.54) is 0 Å². The summed E-state index contributed by atoms with van der Waals surface area (Å²) in [6.45, 7) is 17.5. The van der Waals surface area contributed by atoms with Crippen LogP contribution in [-0.2, 0) is 17.6 Å². The monoisotopic (exact) mass is 482 g/mol. The minimum absolute atomic E-state index is 0.272. The zero-order valence-electron chi connectivity index (χ0n) is 22.8. The predicted octanol–water partition coefficient (Wildman–Crippen LogP) is 6.61. The van der Waals surface area contributed by atoms with Crippen molar-refractivity contribution >= 4 is 0 Å². The molecule has 0 amide bonds. The van der Waals surface area contributed by atoms with E-state index in [9.17, 15) is 10.2 Å². The molecule has 0 fully saturated rings. The van der Waals surface area contributed by atoms with Crippen molar-refractivity contribution in [3.8, 4) is 23.0 Å². The van der Waals surface area contributed by atoms with Crippen LogP contribution in [0.4, 0.5) is 0 Å². The summed E-state index contributed by atoms with van der Waals surface area (Å²) in [5.74, 6) is 2.69. The molecule has 192 valence electrons. The van der Waals surface area contributed by atoms with Gasteiger partial charge in [0.15, 0.2) is 0 Å². The van der Waals surface area contributed by atoms with Crippen molar-refractivity contribution in [2.24, 2.45) is 0 Å². The maximum absolute atomic E-state index is 10.4. The lowest BCUT2D eigenvalue weighted by atomic mass is 9.85. The molecule has 0 bridgehead atoms. The van der Waals surface area contributed by atoms with Crippen LogP contribution >= 0.6 is 0 Å². The molecule has 0 saturated heterocycles. The van der Waals surface area contributed by atoms with Crippen molar-refractivity contribution in [3.05, 3.63) is 44.5 Å². The molecule has 2 aromatic rings. The number of hydrogen-bond acceptors (Lipinski definition) is 5. The van der Waals surface area contributed by atoms with Crippen molar-refractivity contribution in [2.45, 2.75) is 105 Å². The van der Waals surface area contributed by atoms with E-state index in [2.05, 4.69) is 13.8 Å². The first-order chi connectivity index (χ1) is 16.4. The number of hydrogen-bond donors (Lipinski definition) is 2. The molecule has 2 aliphatic rings. The Balaban J connectivity index is 1.33. The summed E-state index contributed by atoms with van der Waals surface area (Å²) in [6.07, 6.45) is 5.28. The molecule has 0 saturated carbocycles. The van der Waals surface area contributed by atoms with Gasteiger partial charge in [0, 0.05) is 24.0 Å². The van der Waals surface area contributed by atoms with Crippen LogP contribution in [0.3, 0.4) is 0 Å². The Hall–Kier alpha value is -2.40. The lowest BCUT2D eigenvalue weighted by Gasteiger charge is -2.39. The number of phenols is 2. The van der Waals surface area contributed by atoms with E-state index in [4.69, 9.17) is 14.2 Å².